The summed E-state index contributed by atoms with van der Waals surface area (Å²) in [6.45, 7) is 0. The van der Waals surface area contributed by atoms with Gasteiger partial charge in [-0.25, -0.2) is 4.98 Å². The summed E-state index contributed by atoms with van der Waals surface area (Å²) in [5, 5.41) is 0.761. The third kappa shape index (κ3) is 1.92. The summed E-state index contributed by atoms with van der Waals surface area (Å²) in [6, 6.07) is 7.47. The van der Waals surface area contributed by atoms with Crippen LogP contribution in [-0.2, 0) is 0 Å². The van der Waals surface area contributed by atoms with E-state index in [1.54, 1.807) is 12.4 Å². The summed E-state index contributed by atoms with van der Waals surface area (Å²) in [5.74, 6) is -0.522. The molecule has 3 aromatic heterocycles. The normalized spacial score (nSPS) is 10.7. The smallest absolute Gasteiger partial charge is 0.260 e. The first-order valence-electron chi connectivity index (χ1n) is 5.56. The predicted octanol–water partition coefficient (Wildman–Crippen LogP) is 2.04. The van der Waals surface area contributed by atoms with Crippen LogP contribution in [0.2, 0.25) is 0 Å². The number of nitrogens with two attached hydrogens (primary N) is 2. The number of nitrogens with zero attached hydrogens (tertiary/aromatic N) is 2. The number of primary amides is 1. The molecule has 0 radical (unpaired) electrons. The summed E-state index contributed by atoms with van der Waals surface area (Å²) in [6.07, 6.45) is 3.41. The monoisotopic (exact) mass is 270 g/mol. The van der Waals surface area contributed by atoms with Crippen molar-refractivity contribution in [1.29, 1.82) is 0 Å². The number of thiophene rings is 1. The minimum atomic E-state index is -0.522. The number of pyridine rings is 2. The zero-order valence-corrected chi connectivity index (χ0v) is 10.6. The van der Waals surface area contributed by atoms with Gasteiger partial charge in [0.05, 0.1) is 11.4 Å². The first-order valence-corrected chi connectivity index (χ1v) is 6.37. The summed E-state index contributed by atoms with van der Waals surface area (Å²) in [4.78, 5) is 20.8. The van der Waals surface area contributed by atoms with E-state index in [1.165, 1.54) is 11.3 Å². The van der Waals surface area contributed by atoms with Crippen molar-refractivity contribution in [2.45, 2.75) is 0 Å². The Kier molecular flexibility index (Phi) is 2.64. The zero-order valence-electron chi connectivity index (χ0n) is 9.83. The largest absolute Gasteiger partial charge is 0.397 e. The van der Waals surface area contributed by atoms with Gasteiger partial charge < -0.3 is 11.5 Å². The second-order valence-electron chi connectivity index (χ2n) is 3.99. The fourth-order valence-electron chi connectivity index (χ4n) is 1.86. The zero-order chi connectivity index (χ0) is 13.4. The highest BCUT2D eigenvalue weighted by Gasteiger charge is 2.15. The Labute approximate surface area is 112 Å². The number of hydrogen-bond acceptors (Lipinski definition) is 5. The average molecular weight is 270 g/mol. The van der Waals surface area contributed by atoms with Crippen LogP contribution in [0.3, 0.4) is 0 Å². The van der Waals surface area contributed by atoms with Crippen molar-refractivity contribution < 1.29 is 4.79 Å². The lowest BCUT2D eigenvalue weighted by atomic mass is 10.1. The van der Waals surface area contributed by atoms with Gasteiger partial charge in [-0.3, -0.25) is 9.78 Å². The molecule has 0 saturated heterocycles. The number of carbonyl (C=O) groups is 1. The SMILES string of the molecule is NC(=O)c1sc2nc(-c3ccncc3)ccc2c1N. The molecule has 0 aliphatic rings. The van der Waals surface area contributed by atoms with E-state index in [0.29, 0.717) is 15.4 Å². The van der Waals surface area contributed by atoms with E-state index < -0.39 is 5.91 Å². The van der Waals surface area contributed by atoms with Gasteiger partial charge in [0, 0.05) is 23.3 Å². The molecular weight excluding hydrogens is 260 g/mol. The molecule has 3 heterocycles. The van der Waals surface area contributed by atoms with E-state index in [9.17, 15) is 4.79 Å². The summed E-state index contributed by atoms with van der Waals surface area (Å²) < 4.78 is 0. The third-order valence-corrected chi connectivity index (χ3v) is 3.92. The third-order valence-electron chi connectivity index (χ3n) is 2.79. The van der Waals surface area contributed by atoms with Crippen LogP contribution in [0.15, 0.2) is 36.7 Å². The van der Waals surface area contributed by atoms with Gasteiger partial charge in [0.1, 0.15) is 9.71 Å². The summed E-state index contributed by atoms with van der Waals surface area (Å²) >= 11 is 1.21. The van der Waals surface area contributed by atoms with E-state index in [-0.39, 0.29) is 0 Å². The van der Waals surface area contributed by atoms with Crippen molar-refractivity contribution in [2.24, 2.45) is 5.73 Å². The fraction of sp³-hybridized carbons (Fsp3) is 0. The molecule has 5 nitrogen and oxygen atoms in total. The Morgan fingerprint density at radius 1 is 1.16 bits per heavy atom. The van der Waals surface area contributed by atoms with E-state index in [4.69, 9.17) is 11.5 Å². The number of anilines is 1. The Bertz CT molecular complexity index is 767. The minimum absolute atomic E-state index is 0.356. The number of aromatic nitrogens is 2. The lowest BCUT2D eigenvalue weighted by Gasteiger charge is -2.00. The topological polar surface area (TPSA) is 94.9 Å². The second kappa shape index (κ2) is 4.33. The standard InChI is InChI=1S/C13H10N4OS/c14-10-8-1-2-9(7-3-5-16-6-4-7)17-13(8)19-11(10)12(15)18/h1-6H,14H2,(H2,15,18). The van der Waals surface area contributed by atoms with Crippen LogP contribution in [0.4, 0.5) is 5.69 Å². The van der Waals surface area contributed by atoms with Crippen molar-refractivity contribution in [2.75, 3.05) is 5.73 Å². The van der Waals surface area contributed by atoms with Crippen LogP contribution in [0.25, 0.3) is 21.5 Å². The molecule has 94 valence electrons. The van der Waals surface area contributed by atoms with Crippen LogP contribution in [0, 0.1) is 0 Å². The molecule has 0 unspecified atom stereocenters. The van der Waals surface area contributed by atoms with Gasteiger partial charge in [0.25, 0.3) is 5.91 Å². The van der Waals surface area contributed by atoms with Gasteiger partial charge in [-0.05, 0) is 24.3 Å². The molecule has 1 amide bonds. The molecule has 0 aliphatic carbocycles. The molecule has 0 saturated carbocycles. The first kappa shape index (κ1) is 11.6. The number of carbonyl (C=O) groups excluding carboxylic acids is 1. The van der Waals surface area contributed by atoms with Gasteiger partial charge >= 0.3 is 0 Å². The van der Waals surface area contributed by atoms with E-state index >= 15 is 0 Å². The second-order valence-corrected chi connectivity index (χ2v) is 4.99. The molecule has 0 bridgehead atoms. The number of fused-ring (bicyclic) bond motifs is 1. The van der Waals surface area contributed by atoms with E-state index in [2.05, 4.69) is 9.97 Å². The van der Waals surface area contributed by atoms with Crippen LogP contribution in [0.5, 0.6) is 0 Å². The first-order chi connectivity index (χ1) is 9.16. The van der Waals surface area contributed by atoms with Crippen molar-refractivity contribution in [3.8, 4) is 11.3 Å². The molecule has 3 rings (SSSR count). The molecule has 6 heteroatoms. The molecule has 0 atom stereocenters. The van der Waals surface area contributed by atoms with Gasteiger partial charge in [-0.15, -0.1) is 11.3 Å². The fourth-order valence-corrected chi connectivity index (χ4v) is 2.81. The van der Waals surface area contributed by atoms with Crippen molar-refractivity contribution in [1.82, 2.24) is 9.97 Å². The van der Waals surface area contributed by atoms with Gasteiger partial charge in [0.2, 0.25) is 0 Å². The Hall–Kier alpha value is -2.47. The maximum Gasteiger partial charge on any atom is 0.260 e. The molecule has 0 spiro atoms. The number of rotatable bonds is 2. The maximum atomic E-state index is 11.3. The molecule has 0 aliphatic heterocycles. The highest BCUT2D eigenvalue weighted by molar-refractivity contribution is 7.21. The van der Waals surface area contributed by atoms with E-state index in [0.717, 1.165) is 16.6 Å². The van der Waals surface area contributed by atoms with Crippen LogP contribution < -0.4 is 11.5 Å². The molecule has 0 fully saturated rings. The average Bonchev–Trinajstić information content (AvgIpc) is 2.77. The van der Waals surface area contributed by atoms with Crippen molar-refractivity contribution in [3.63, 3.8) is 0 Å². The lowest BCUT2D eigenvalue weighted by Crippen LogP contribution is -2.10. The number of nitrogen functional groups attached to an aromatic ring is 1. The number of hydrogen-bond donors (Lipinski definition) is 2. The molecular formula is C13H10N4OS. The molecule has 4 N–H and O–H groups in total. The van der Waals surface area contributed by atoms with E-state index in [1.807, 2.05) is 24.3 Å². The molecule has 19 heavy (non-hydrogen) atoms. The van der Waals surface area contributed by atoms with Crippen LogP contribution in [-0.4, -0.2) is 15.9 Å². The lowest BCUT2D eigenvalue weighted by molar-refractivity contribution is 0.100. The van der Waals surface area contributed by atoms with Crippen LogP contribution >= 0.6 is 11.3 Å². The quantitative estimate of drug-likeness (QED) is 0.745. The Morgan fingerprint density at radius 3 is 2.58 bits per heavy atom. The summed E-state index contributed by atoms with van der Waals surface area (Å²) in [5.41, 5.74) is 13.3. The van der Waals surface area contributed by atoms with Gasteiger partial charge in [-0.1, -0.05) is 0 Å². The molecule has 3 aromatic rings. The highest BCUT2D eigenvalue weighted by atomic mass is 32.1. The Balaban J connectivity index is 2.19. The minimum Gasteiger partial charge on any atom is -0.397 e. The predicted molar refractivity (Wildman–Crippen MR) is 75.8 cm³/mol. The van der Waals surface area contributed by atoms with Crippen molar-refractivity contribution in [3.05, 3.63) is 41.5 Å². The van der Waals surface area contributed by atoms with Crippen LogP contribution in [0.1, 0.15) is 9.67 Å². The van der Waals surface area contributed by atoms with Crippen molar-refractivity contribution >= 4 is 33.1 Å². The summed E-state index contributed by atoms with van der Waals surface area (Å²) in [7, 11) is 0. The molecule has 0 aromatic carbocycles. The highest BCUT2D eigenvalue weighted by Crippen LogP contribution is 2.33. The number of amides is 1. The maximum absolute atomic E-state index is 11.3. The van der Waals surface area contributed by atoms with Gasteiger partial charge in [-0.2, -0.15) is 0 Å². The van der Waals surface area contributed by atoms with Gasteiger partial charge in [0.15, 0.2) is 0 Å². The Morgan fingerprint density at radius 2 is 1.89 bits per heavy atom.